The molecule has 3 saturated heterocycles. The molecule has 6 nitrogen and oxygen atoms in total. The molecule has 5 aliphatic rings. The average Bonchev–Trinajstić information content (AvgIpc) is 3.64. The lowest BCUT2D eigenvalue weighted by Gasteiger charge is -2.44. The Labute approximate surface area is 206 Å². The summed E-state index contributed by atoms with van der Waals surface area (Å²) in [5, 5.41) is 3.08. The number of amides is 1. The second-order valence-electron chi connectivity index (χ2n) is 11.5. The summed E-state index contributed by atoms with van der Waals surface area (Å²) in [6.45, 7) is 7.93. The number of nitrogens with one attached hydrogen (secondary N) is 1. The van der Waals surface area contributed by atoms with Gasteiger partial charge in [-0.05, 0) is 91.8 Å². The Kier molecular flexibility index (Phi) is 5.71. The van der Waals surface area contributed by atoms with Crippen molar-refractivity contribution in [2.45, 2.75) is 58.1 Å². The van der Waals surface area contributed by atoms with E-state index in [0.29, 0.717) is 29.9 Å². The number of alkyl carbamates (subject to hydrolysis) is 1. The van der Waals surface area contributed by atoms with Crippen LogP contribution in [0.4, 0.5) is 9.18 Å². The number of pyridine rings is 1. The van der Waals surface area contributed by atoms with E-state index in [1.807, 2.05) is 18.2 Å². The normalized spacial score (nSPS) is 28.4. The summed E-state index contributed by atoms with van der Waals surface area (Å²) in [5.74, 6) is 1.37. The van der Waals surface area contributed by atoms with Crippen LogP contribution in [0.3, 0.4) is 0 Å². The first-order valence-corrected chi connectivity index (χ1v) is 13.0. The lowest BCUT2D eigenvalue weighted by atomic mass is 9.85. The predicted molar refractivity (Wildman–Crippen MR) is 131 cm³/mol. The van der Waals surface area contributed by atoms with Crippen LogP contribution in [0.15, 0.2) is 30.5 Å². The van der Waals surface area contributed by atoms with Gasteiger partial charge in [-0.25, -0.2) is 14.2 Å². The molecule has 1 unspecified atom stereocenters. The van der Waals surface area contributed by atoms with Gasteiger partial charge < -0.3 is 14.8 Å². The molecule has 2 aliphatic carbocycles. The van der Waals surface area contributed by atoms with Gasteiger partial charge in [0.15, 0.2) is 0 Å². The molecule has 7 heteroatoms. The maximum Gasteiger partial charge on any atom is 0.407 e. The number of carbonyl (C=O) groups excluding carboxylic acids is 1. The van der Waals surface area contributed by atoms with Crippen molar-refractivity contribution >= 4 is 6.09 Å². The van der Waals surface area contributed by atoms with Crippen LogP contribution in [-0.4, -0.2) is 48.3 Å². The summed E-state index contributed by atoms with van der Waals surface area (Å²) in [4.78, 5) is 19.6. The number of fused-ring (bicyclic) bond motifs is 4. The molecule has 7 rings (SSSR count). The number of nitrogens with zero attached hydrogens (tertiary/aromatic N) is 2. The molecular formula is C28H34FN3O3. The van der Waals surface area contributed by atoms with Crippen molar-refractivity contribution in [2.75, 3.05) is 26.2 Å². The van der Waals surface area contributed by atoms with Gasteiger partial charge in [0.1, 0.15) is 11.9 Å². The van der Waals surface area contributed by atoms with E-state index in [1.165, 1.54) is 12.8 Å². The number of ether oxygens (including phenoxy) is 2. The summed E-state index contributed by atoms with van der Waals surface area (Å²) in [5.41, 5.74) is 2.88. The van der Waals surface area contributed by atoms with Crippen molar-refractivity contribution in [1.82, 2.24) is 15.2 Å². The maximum absolute atomic E-state index is 15.3. The van der Waals surface area contributed by atoms with Crippen LogP contribution in [0, 0.1) is 23.1 Å². The number of rotatable bonds is 6. The van der Waals surface area contributed by atoms with Gasteiger partial charge in [-0.3, -0.25) is 4.90 Å². The minimum Gasteiger partial charge on any atom is -0.477 e. The number of hydrogen-bond acceptors (Lipinski definition) is 5. The molecule has 0 spiro atoms. The van der Waals surface area contributed by atoms with Crippen LogP contribution in [-0.2, 0) is 11.2 Å². The third kappa shape index (κ3) is 4.63. The van der Waals surface area contributed by atoms with E-state index >= 15 is 4.39 Å². The number of halogens is 1. The number of hydrogen-bond donors (Lipinski definition) is 1. The molecule has 1 aromatic carbocycles. The van der Waals surface area contributed by atoms with Gasteiger partial charge >= 0.3 is 6.09 Å². The molecule has 2 aromatic rings. The summed E-state index contributed by atoms with van der Waals surface area (Å²) in [7, 11) is 0. The molecule has 0 radical (unpaired) electrons. The van der Waals surface area contributed by atoms with E-state index in [9.17, 15) is 4.79 Å². The summed E-state index contributed by atoms with van der Waals surface area (Å²) in [6.07, 6.45) is 6.60. The predicted octanol–water partition coefficient (Wildman–Crippen LogP) is 5.12. The Morgan fingerprint density at radius 2 is 2.00 bits per heavy atom. The zero-order chi connectivity index (χ0) is 24.2. The van der Waals surface area contributed by atoms with E-state index in [0.717, 1.165) is 55.6 Å². The molecule has 2 bridgehead atoms. The van der Waals surface area contributed by atoms with Crippen LogP contribution in [0.25, 0.3) is 11.1 Å². The van der Waals surface area contributed by atoms with Gasteiger partial charge in [-0.2, -0.15) is 0 Å². The number of benzene rings is 1. The van der Waals surface area contributed by atoms with Crippen molar-refractivity contribution in [3.05, 3.63) is 47.4 Å². The van der Waals surface area contributed by atoms with Gasteiger partial charge in [0.05, 0.1) is 12.6 Å². The molecule has 186 valence electrons. The monoisotopic (exact) mass is 479 g/mol. The highest BCUT2D eigenvalue weighted by Gasteiger charge is 2.42. The molecule has 1 amide bonds. The Hall–Kier alpha value is -2.67. The minimum absolute atomic E-state index is 0.0516. The van der Waals surface area contributed by atoms with Crippen molar-refractivity contribution in [3.8, 4) is 17.0 Å². The molecule has 1 N–H and O–H groups in total. The van der Waals surface area contributed by atoms with Crippen LogP contribution in [0.1, 0.15) is 56.7 Å². The van der Waals surface area contributed by atoms with Crippen LogP contribution in [0.5, 0.6) is 5.88 Å². The van der Waals surface area contributed by atoms with Gasteiger partial charge in [0, 0.05) is 29.9 Å². The van der Waals surface area contributed by atoms with E-state index in [-0.39, 0.29) is 23.4 Å². The van der Waals surface area contributed by atoms with Crippen molar-refractivity contribution < 1.29 is 18.7 Å². The zero-order valence-corrected chi connectivity index (χ0v) is 20.6. The fraction of sp³-hybridized carbons (Fsp3) is 0.571. The summed E-state index contributed by atoms with van der Waals surface area (Å²) in [6, 6.07) is 6.86. The van der Waals surface area contributed by atoms with E-state index in [2.05, 4.69) is 29.0 Å². The van der Waals surface area contributed by atoms with Gasteiger partial charge in [0.2, 0.25) is 5.88 Å². The second kappa shape index (κ2) is 8.77. The topological polar surface area (TPSA) is 63.7 Å². The molecule has 4 heterocycles. The van der Waals surface area contributed by atoms with Gasteiger partial charge in [-0.1, -0.05) is 13.8 Å². The summed E-state index contributed by atoms with van der Waals surface area (Å²) < 4.78 is 26.9. The molecule has 2 atom stereocenters. The second-order valence-corrected chi connectivity index (χ2v) is 11.5. The number of aromatic nitrogens is 1. The minimum atomic E-state index is -0.398. The Morgan fingerprint density at radius 1 is 1.20 bits per heavy atom. The largest absolute Gasteiger partial charge is 0.477 e. The van der Waals surface area contributed by atoms with Crippen molar-refractivity contribution in [3.63, 3.8) is 0 Å². The van der Waals surface area contributed by atoms with Crippen LogP contribution >= 0.6 is 0 Å². The van der Waals surface area contributed by atoms with Crippen molar-refractivity contribution in [1.29, 1.82) is 0 Å². The van der Waals surface area contributed by atoms with Crippen LogP contribution < -0.4 is 10.1 Å². The Balaban J connectivity index is 1.17. The fourth-order valence-corrected chi connectivity index (χ4v) is 6.01. The molecular weight excluding hydrogens is 445 g/mol. The third-order valence-electron chi connectivity index (χ3n) is 8.30. The van der Waals surface area contributed by atoms with Gasteiger partial charge in [-0.15, -0.1) is 0 Å². The van der Waals surface area contributed by atoms with Crippen LogP contribution in [0.2, 0.25) is 0 Å². The lowest BCUT2D eigenvalue weighted by Crippen LogP contribution is -2.53. The molecule has 3 aliphatic heterocycles. The SMILES string of the molecule is CC1(C)Cc2cc(-c3ccc(OCC4CC4)nc3)c(F)cc2C1NC(=O)O[C@@H]1CN2CCC1CC2. The highest BCUT2D eigenvalue weighted by Crippen LogP contribution is 2.47. The summed E-state index contributed by atoms with van der Waals surface area (Å²) >= 11 is 0. The smallest absolute Gasteiger partial charge is 0.407 e. The first kappa shape index (κ1) is 22.8. The lowest BCUT2D eigenvalue weighted by molar-refractivity contribution is -0.0349. The van der Waals surface area contributed by atoms with Gasteiger partial charge in [0.25, 0.3) is 0 Å². The number of carbonyl (C=O) groups is 1. The third-order valence-corrected chi connectivity index (χ3v) is 8.30. The molecule has 1 aromatic heterocycles. The number of piperidine rings is 3. The first-order valence-electron chi connectivity index (χ1n) is 13.0. The van der Waals surface area contributed by atoms with E-state index in [4.69, 9.17) is 9.47 Å². The fourth-order valence-electron chi connectivity index (χ4n) is 6.01. The quantitative estimate of drug-likeness (QED) is 0.623. The highest BCUT2D eigenvalue weighted by molar-refractivity contribution is 5.70. The Morgan fingerprint density at radius 3 is 2.66 bits per heavy atom. The first-order chi connectivity index (χ1) is 16.9. The van der Waals surface area contributed by atoms with Crippen molar-refractivity contribution in [2.24, 2.45) is 17.3 Å². The molecule has 35 heavy (non-hydrogen) atoms. The molecule has 4 fully saturated rings. The van der Waals surface area contributed by atoms with E-state index in [1.54, 1.807) is 12.3 Å². The highest BCUT2D eigenvalue weighted by atomic mass is 19.1. The maximum atomic E-state index is 15.3. The standard InChI is InChI=1S/C28H34FN3O3/c1-28(2)13-20-11-21(19-5-6-25(30-14-19)34-16-17-3-4-17)23(29)12-22(20)26(28)31-27(33)35-24-15-32-9-7-18(24)8-10-32/h5-6,11-12,14,17-18,24,26H,3-4,7-10,13,15-16H2,1-2H3,(H,31,33)/t24-,26?/m1/s1. The zero-order valence-electron chi connectivity index (χ0n) is 20.6. The average molecular weight is 480 g/mol. The Bertz CT molecular complexity index is 1110. The molecule has 1 saturated carbocycles. The van der Waals surface area contributed by atoms with E-state index < -0.39 is 6.09 Å².